The van der Waals surface area contributed by atoms with Gasteiger partial charge in [-0.15, -0.1) is 0 Å². The molecule has 0 radical (unpaired) electrons. The van der Waals surface area contributed by atoms with Gasteiger partial charge >= 0.3 is 0 Å². The summed E-state index contributed by atoms with van der Waals surface area (Å²) in [6.07, 6.45) is 11.4. The molecular formula is C27H47N3O6. The first-order chi connectivity index (χ1) is 17.4. The summed E-state index contributed by atoms with van der Waals surface area (Å²) < 4.78 is 11.0. The number of hydrogen-bond acceptors (Lipinski definition) is 7. The molecule has 0 aromatic carbocycles. The highest BCUT2D eigenvalue weighted by Gasteiger charge is 2.22. The van der Waals surface area contributed by atoms with E-state index in [1.807, 2.05) is 0 Å². The molecule has 1 heterocycles. The van der Waals surface area contributed by atoms with Crippen molar-refractivity contribution in [3.05, 3.63) is 12.2 Å². The van der Waals surface area contributed by atoms with Crippen LogP contribution in [-0.4, -0.2) is 93.0 Å². The number of nitrogens with zero attached hydrogens (tertiary/aromatic N) is 2. The average Bonchev–Trinajstić information content (AvgIpc) is 3.17. The third-order valence-electron chi connectivity index (χ3n) is 5.97. The number of ketones is 1. The SMILES string of the molecule is CCCN(C)CCCCCC(=O)NCCOCCOCCCC(=O)CCCCCN1C(=O)C=CC1=O. The van der Waals surface area contributed by atoms with E-state index in [0.717, 1.165) is 51.6 Å². The number of carbonyl (C=O) groups is 4. The number of ether oxygens (including phenoxy) is 2. The van der Waals surface area contributed by atoms with Crippen molar-refractivity contribution in [3.63, 3.8) is 0 Å². The van der Waals surface area contributed by atoms with Gasteiger partial charge in [0.25, 0.3) is 11.8 Å². The Morgan fingerprint density at radius 2 is 1.44 bits per heavy atom. The predicted octanol–water partition coefficient (Wildman–Crippen LogP) is 2.87. The Balaban J connectivity index is 1.80. The maximum Gasteiger partial charge on any atom is 0.253 e. The molecule has 0 bridgehead atoms. The smallest absolute Gasteiger partial charge is 0.253 e. The molecule has 1 rings (SSSR count). The molecule has 0 unspecified atom stereocenters. The van der Waals surface area contributed by atoms with Gasteiger partial charge in [0.1, 0.15) is 5.78 Å². The molecule has 0 aliphatic carbocycles. The quantitative estimate of drug-likeness (QED) is 0.158. The van der Waals surface area contributed by atoms with Gasteiger partial charge in [0.2, 0.25) is 5.91 Å². The molecule has 1 aliphatic rings. The van der Waals surface area contributed by atoms with Crippen molar-refractivity contribution in [1.29, 1.82) is 0 Å². The fourth-order valence-corrected chi connectivity index (χ4v) is 3.93. The van der Waals surface area contributed by atoms with Crippen LogP contribution in [-0.2, 0) is 28.7 Å². The maximum atomic E-state index is 11.9. The van der Waals surface area contributed by atoms with E-state index in [1.165, 1.54) is 23.5 Å². The average molecular weight is 510 g/mol. The Bertz CT molecular complexity index is 664. The van der Waals surface area contributed by atoms with Crippen molar-refractivity contribution in [1.82, 2.24) is 15.1 Å². The molecule has 0 fully saturated rings. The van der Waals surface area contributed by atoms with E-state index in [2.05, 4.69) is 24.2 Å². The standard InChI is InChI=1S/C27H47N3O6/c1-3-17-29(2)18-8-5-7-13-25(32)28-16-21-36-23-22-35-20-10-12-24(31)11-6-4-9-19-30-26(33)14-15-27(30)34/h14-15H,3-13,16-23H2,1-2H3,(H,28,32). The summed E-state index contributed by atoms with van der Waals surface area (Å²) in [5.74, 6) is -0.216. The third kappa shape index (κ3) is 16.5. The van der Waals surface area contributed by atoms with E-state index in [1.54, 1.807) is 0 Å². The molecular weight excluding hydrogens is 462 g/mol. The fourth-order valence-electron chi connectivity index (χ4n) is 3.93. The molecule has 3 amide bonds. The molecule has 36 heavy (non-hydrogen) atoms. The Morgan fingerprint density at radius 3 is 2.17 bits per heavy atom. The monoisotopic (exact) mass is 509 g/mol. The largest absolute Gasteiger partial charge is 0.379 e. The highest BCUT2D eigenvalue weighted by Crippen LogP contribution is 2.09. The molecule has 0 atom stereocenters. The van der Waals surface area contributed by atoms with Crippen LogP contribution in [0.1, 0.15) is 77.6 Å². The molecule has 0 aromatic heterocycles. The molecule has 1 aliphatic heterocycles. The van der Waals surface area contributed by atoms with Crippen LogP contribution >= 0.6 is 0 Å². The second-order valence-corrected chi connectivity index (χ2v) is 9.30. The second kappa shape index (κ2) is 21.0. The van der Waals surface area contributed by atoms with Crippen molar-refractivity contribution in [2.75, 3.05) is 59.7 Å². The molecule has 0 saturated heterocycles. The highest BCUT2D eigenvalue weighted by atomic mass is 16.5. The maximum absolute atomic E-state index is 11.9. The second-order valence-electron chi connectivity index (χ2n) is 9.30. The molecule has 206 valence electrons. The normalized spacial score (nSPS) is 13.2. The van der Waals surface area contributed by atoms with Gasteiger partial charge in [0.05, 0.1) is 19.8 Å². The number of nitrogens with one attached hydrogen (secondary N) is 1. The summed E-state index contributed by atoms with van der Waals surface area (Å²) in [5.41, 5.74) is 0. The minimum atomic E-state index is -0.254. The van der Waals surface area contributed by atoms with Crippen molar-refractivity contribution >= 4 is 23.5 Å². The summed E-state index contributed by atoms with van der Waals surface area (Å²) in [7, 11) is 2.14. The Labute approximate surface area is 216 Å². The minimum Gasteiger partial charge on any atom is -0.379 e. The minimum absolute atomic E-state index is 0.0792. The van der Waals surface area contributed by atoms with Crippen LogP contribution in [0.15, 0.2) is 12.2 Å². The van der Waals surface area contributed by atoms with E-state index in [0.29, 0.717) is 65.2 Å². The lowest BCUT2D eigenvalue weighted by atomic mass is 10.1. The van der Waals surface area contributed by atoms with E-state index in [4.69, 9.17) is 9.47 Å². The summed E-state index contributed by atoms with van der Waals surface area (Å²) in [4.78, 5) is 50.2. The lowest BCUT2D eigenvalue weighted by molar-refractivity contribution is -0.137. The summed E-state index contributed by atoms with van der Waals surface area (Å²) in [6.45, 7) is 7.24. The first-order valence-corrected chi connectivity index (χ1v) is 13.6. The van der Waals surface area contributed by atoms with E-state index in [-0.39, 0.29) is 23.5 Å². The zero-order valence-electron chi connectivity index (χ0n) is 22.4. The summed E-state index contributed by atoms with van der Waals surface area (Å²) in [6, 6.07) is 0. The van der Waals surface area contributed by atoms with Crippen LogP contribution in [0.2, 0.25) is 0 Å². The van der Waals surface area contributed by atoms with Crippen molar-refractivity contribution in [3.8, 4) is 0 Å². The van der Waals surface area contributed by atoms with Crippen LogP contribution in [0.25, 0.3) is 0 Å². The number of hydrogen-bond donors (Lipinski definition) is 1. The Morgan fingerprint density at radius 1 is 0.806 bits per heavy atom. The van der Waals surface area contributed by atoms with Gasteiger partial charge in [0.15, 0.2) is 0 Å². The number of imide groups is 1. The number of carbonyl (C=O) groups excluding carboxylic acids is 4. The Kier molecular flexibility index (Phi) is 18.7. The van der Waals surface area contributed by atoms with Crippen molar-refractivity contribution < 1.29 is 28.7 Å². The van der Waals surface area contributed by atoms with Crippen LogP contribution in [0, 0.1) is 0 Å². The van der Waals surface area contributed by atoms with Crippen LogP contribution < -0.4 is 5.32 Å². The van der Waals surface area contributed by atoms with Gasteiger partial charge in [-0.25, -0.2) is 0 Å². The van der Waals surface area contributed by atoms with Gasteiger partial charge < -0.3 is 19.7 Å². The number of amides is 3. The van der Waals surface area contributed by atoms with Gasteiger partial charge in [0, 0.05) is 51.1 Å². The zero-order valence-corrected chi connectivity index (χ0v) is 22.4. The Hall–Kier alpha value is -2.10. The summed E-state index contributed by atoms with van der Waals surface area (Å²) in [5, 5.41) is 2.88. The van der Waals surface area contributed by atoms with E-state index in [9.17, 15) is 19.2 Å². The lowest BCUT2D eigenvalue weighted by Crippen LogP contribution is -2.30. The molecule has 9 nitrogen and oxygen atoms in total. The van der Waals surface area contributed by atoms with Gasteiger partial charge in [-0.2, -0.15) is 0 Å². The number of unbranched alkanes of at least 4 members (excludes halogenated alkanes) is 4. The fraction of sp³-hybridized carbons (Fsp3) is 0.778. The van der Waals surface area contributed by atoms with Gasteiger partial charge in [-0.3, -0.25) is 24.1 Å². The molecule has 0 saturated carbocycles. The molecule has 0 aromatic rings. The first-order valence-electron chi connectivity index (χ1n) is 13.6. The van der Waals surface area contributed by atoms with Crippen molar-refractivity contribution in [2.24, 2.45) is 0 Å². The van der Waals surface area contributed by atoms with Crippen molar-refractivity contribution in [2.45, 2.75) is 77.6 Å². The van der Waals surface area contributed by atoms with Crippen LogP contribution in [0.4, 0.5) is 0 Å². The van der Waals surface area contributed by atoms with Gasteiger partial charge in [-0.1, -0.05) is 19.8 Å². The first kappa shape index (κ1) is 31.9. The highest BCUT2D eigenvalue weighted by molar-refractivity contribution is 6.12. The van der Waals surface area contributed by atoms with Crippen LogP contribution in [0.3, 0.4) is 0 Å². The summed E-state index contributed by atoms with van der Waals surface area (Å²) >= 11 is 0. The molecule has 9 heteroatoms. The molecule has 1 N–H and O–H groups in total. The van der Waals surface area contributed by atoms with Crippen LogP contribution in [0.5, 0.6) is 0 Å². The lowest BCUT2D eigenvalue weighted by Gasteiger charge is -2.14. The zero-order chi connectivity index (χ0) is 26.4. The van der Waals surface area contributed by atoms with E-state index < -0.39 is 0 Å². The van der Waals surface area contributed by atoms with Gasteiger partial charge in [-0.05, 0) is 58.7 Å². The third-order valence-corrected chi connectivity index (χ3v) is 5.97. The number of Topliss-reactive ketones (excluding diaryl/α,β-unsaturated/α-hetero) is 1. The number of rotatable bonds is 24. The van der Waals surface area contributed by atoms with E-state index >= 15 is 0 Å². The molecule has 0 spiro atoms. The predicted molar refractivity (Wildman–Crippen MR) is 139 cm³/mol. The topological polar surface area (TPSA) is 105 Å².